The third-order valence-corrected chi connectivity index (χ3v) is 6.97. The lowest BCUT2D eigenvalue weighted by Crippen LogP contribution is -2.21. The lowest BCUT2D eigenvalue weighted by atomic mass is 9.71. The van der Waals surface area contributed by atoms with Gasteiger partial charge in [0.15, 0.2) is 0 Å². The maximum atomic E-state index is 6.01. The Morgan fingerprint density at radius 2 is 0.966 bits per heavy atom. The Bertz CT molecular complexity index is 290. The Kier molecular flexibility index (Phi) is 21.2. The van der Waals surface area contributed by atoms with E-state index < -0.39 is 0 Å². The Hall–Kier alpha value is -0.0400. The monoisotopic (exact) mass is 410 g/mol. The zero-order valence-corrected chi connectivity index (χ0v) is 21.3. The molecular weight excluding hydrogens is 352 g/mol. The maximum absolute atomic E-state index is 6.01. The summed E-state index contributed by atoms with van der Waals surface area (Å²) in [5.74, 6) is 0. The summed E-state index contributed by atoms with van der Waals surface area (Å²) in [5.41, 5.74) is 0.673. The van der Waals surface area contributed by atoms with E-state index in [4.69, 9.17) is 4.74 Å². The third-order valence-electron chi connectivity index (χ3n) is 6.97. The SMILES string of the molecule is CCCCOC(CC)CCCCCCCCC(CCCC)(CCCC)CCCC. The van der Waals surface area contributed by atoms with Gasteiger partial charge < -0.3 is 4.74 Å². The average Bonchev–Trinajstić information content (AvgIpc) is 2.75. The van der Waals surface area contributed by atoms with E-state index in [1.54, 1.807) is 0 Å². The minimum atomic E-state index is 0.512. The van der Waals surface area contributed by atoms with E-state index in [0.717, 1.165) is 6.61 Å². The summed E-state index contributed by atoms with van der Waals surface area (Å²) < 4.78 is 6.01. The summed E-state index contributed by atoms with van der Waals surface area (Å²) in [4.78, 5) is 0. The minimum Gasteiger partial charge on any atom is -0.378 e. The molecule has 1 atom stereocenters. The van der Waals surface area contributed by atoms with Gasteiger partial charge in [-0.15, -0.1) is 0 Å². The van der Waals surface area contributed by atoms with Crippen molar-refractivity contribution in [2.24, 2.45) is 5.41 Å². The molecule has 0 fully saturated rings. The van der Waals surface area contributed by atoms with Crippen molar-refractivity contribution in [3.8, 4) is 0 Å². The molecule has 1 unspecified atom stereocenters. The largest absolute Gasteiger partial charge is 0.378 e. The van der Waals surface area contributed by atoms with Crippen molar-refractivity contribution >= 4 is 0 Å². The summed E-state index contributed by atoms with van der Waals surface area (Å²) in [7, 11) is 0. The van der Waals surface area contributed by atoms with Crippen molar-refractivity contribution in [3.05, 3.63) is 0 Å². The van der Waals surface area contributed by atoms with Crippen LogP contribution in [0.4, 0.5) is 0 Å². The fourth-order valence-corrected chi connectivity index (χ4v) is 4.78. The minimum absolute atomic E-state index is 0.512. The fraction of sp³-hybridized carbons (Fsp3) is 1.00. The van der Waals surface area contributed by atoms with Gasteiger partial charge in [0.2, 0.25) is 0 Å². The van der Waals surface area contributed by atoms with Crippen molar-refractivity contribution < 1.29 is 4.74 Å². The first-order chi connectivity index (χ1) is 14.2. The van der Waals surface area contributed by atoms with Crippen molar-refractivity contribution in [2.45, 2.75) is 169 Å². The van der Waals surface area contributed by atoms with Crippen LogP contribution in [0.15, 0.2) is 0 Å². The highest BCUT2D eigenvalue weighted by molar-refractivity contribution is 4.79. The predicted molar refractivity (Wildman–Crippen MR) is 133 cm³/mol. The van der Waals surface area contributed by atoms with Gasteiger partial charge >= 0.3 is 0 Å². The zero-order valence-electron chi connectivity index (χ0n) is 21.3. The van der Waals surface area contributed by atoms with Crippen LogP contribution in [0.25, 0.3) is 0 Å². The molecule has 0 N–H and O–H groups in total. The van der Waals surface area contributed by atoms with E-state index in [9.17, 15) is 0 Å². The lowest BCUT2D eigenvalue weighted by Gasteiger charge is -2.35. The highest BCUT2D eigenvalue weighted by Gasteiger charge is 2.27. The highest BCUT2D eigenvalue weighted by Crippen LogP contribution is 2.41. The third kappa shape index (κ3) is 16.3. The molecule has 0 aromatic rings. The summed E-state index contributed by atoms with van der Waals surface area (Å²) in [5, 5.41) is 0. The van der Waals surface area contributed by atoms with Crippen molar-refractivity contribution in [1.82, 2.24) is 0 Å². The Morgan fingerprint density at radius 3 is 1.45 bits per heavy atom. The summed E-state index contributed by atoms with van der Waals surface area (Å²) in [6, 6.07) is 0. The van der Waals surface area contributed by atoms with Crippen molar-refractivity contribution in [1.29, 1.82) is 0 Å². The zero-order chi connectivity index (χ0) is 21.6. The van der Waals surface area contributed by atoms with Crippen molar-refractivity contribution in [2.75, 3.05) is 6.61 Å². The molecule has 0 spiro atoms. The van der Waals surface area contributed by atoms with Crippen LogP contribution in [0.3, 0.4) is 0 Å². The van der Waals surface area contributed by atoms with Crippen molar-refractivity contribution in [3.63, 3.8) is 0 Å². The molecule has 0 amide bonds. The Labute approximate surface area is 186 Å². The van der Waals surface area contributed by atoms with Gasteiger partial charge in [-0.2, -0.15) is 0 Å². The first-order valence-electron chi connectivity index (χ1n) is 13.8. The van der Waals surface area contributed by atoms with E-state index >= 15 is 0 Å². The van der Waals surface area contributed by atoms with Gasteiger partial charge in [0, 0.05) is 6.61 Å². The van der Waals surface area contributed by atoms with Gasteiger partial charge in [-0.25, -0.2) is 0 Å². The van der Waals surface area contributed by atoms with E-state index in [2.05, 4.69) is 34.6 Å². The molecule has 29 heavy (non-hydrogen) atoms. The smallest absolute Gasteiger partial charge is 0.0572 e. The molecule has 0 radical (unpaired) electrons. The number of hydrogen-bond donors (Lipinski definition) is 0. The second kappa shape index (κ2) is 21.2. The van der Waals surface area contributed by atoms with Crippen LogP contribution in [-0.4, -0.2) is 12.7 Å². The van der Waals surface area contributed by atoms with Crippen LogP contribution in [-0.2, 0) is 4.74 Å². The van der Waals surface area contributed by atoms with E-state index in [0.29, 0.717) is 11.5 Å². The molecule has 0 aliphatic carbocycles. The Morgan fingerprint density at radius 1 is 0.517 bits per heavy atom. The number of hydrogen-bond acceptors (Lipinski definition) is 1. The lowest BCUT2D eigenvalue weighted by molar-refractivity contribution is 0.0414. The first kappa shape index (κ1) is 29.0. The molecule has 0 aliphatic heterocycles. The van der Waals surface area contributed by atoms with E-state index in [-0.39, 0.29) is 0 Å². The molecule has 176 valence electrons. The van der Waals surface area contributed by atoms with Gasteiger partial charge in [-0.1, -0.05) is 118 Å². The van der Waals surface area contributed by atoms with Crippen LogP contribution < -0.4 is 0 Å². The fourth-order valence-electron chi connectivity index (χ4n) is 4.78. The van der Waals surface area contributed by atoms with Gasteiger partial charge in [-0.05, 0) is 50.4 Å². The maximum Gasteiger partial charge on any atom is 0.0572 e. The average molecular weight is 411 g/mol. The quantitative estimate of drug-likeness (QED) is 0.152. The molecule has 0 aromatic heterocycles. The van der Waals surface area contributed by atoms with Crippen LogP contribution in [0, 0.1) is 5.41 Å². The molecule has 0 heterocycles. The van der Waals surface area contributed by atoms with Gasteiger partial charge in [0.25, 0.3) is 0 Å². The van der Waals surface area contributed by atoms with Crippen LogP contribution >= 0.6 is 0 Å². The normalized spacial score (nSPS) is 13.1. The molecule has 0 saturated carbocycles. The molecule has 0 aliphatic rings. The second-order valence-electron chi connectivity index (χ2n) is 9.73. The van der Waals surface area contributed by atoms with Gasteiger partial charge in [0.1, 0.15) is 0 Å². The molecule has 0 aromatic carbocycles. The molecule has 0 saturated heterocycles. The highest BCUT2D eigenvalue weighted by atomic mass is 16.5. The second-order valence-corrected chi connectivity index (χ2v) is 9.73. The Balaban J connectivity index is 4.05. The summed E-state index contributed by atoms with van der Waals surface area (Å²) >= 11 is 0. The van der Waals surface area contributed by atoms with Crippen LogP contribution in [0.5, 0.6) is 0 Å². The first-order valence-corrected chi connectivity index (χ1v) is 13.8. The number of rotatable bonds is 23. The summed E-state index contributed by atoms with van der Waals surface area (Å²) in [6.45, 7) is 12.6. The number of unbranched alkanes of at least 4 members (excludes halogenated alkanes) is 9. The standard InChI is InChI=1S/C28H58O/c1-6-11-22-28(23-12-7-2,24-13-8-3)25-20-18-16-15-17-19-21-27(10-5)29-26-14-9-4/h27H,6-26H2,1-5H3. The molecule has 1 nitrogen and oxygen atoms in total. The summed E-state index contributed by atoms with van der Waals surface area (Å²) in [6.07, 6.45) is 28.3. The molecule has 0 bridgehead atoms. The number of ether oxygens (including phenoxy) is 1. The predicted octanol–water partition coefficient (Wildman–Crippen LogP) is 10.3. The molecular formula is C28H58O. The van der Waals surface area contributed by atoms with Gasteiger partial charge in [-0.3, -0.25) is 0 Å². The van der Waals surface area contributed by atoms with Gasteiger partial charge in [0.05, 0.1) is 6.10 Å². The van der Waals surface area contributed by atoms with Crippen LogP contribution in [0.1, 0.15) is 163 Å². The topological polar surface area (TPSA) is 9.23 Å². The molecule has 1 heteroatoms. The van der Waals surface area contributed by atoms with E-state index in [1.165, 1.54) is 128 Å². The van der Waals surface area contributed by atoms with Crippen LogP contribution in [0.2, 0.25) is 0 Å². The van der Waals surface area contributed by atoms with E-state index in [1.807, 2.05) is 0 Å². The molecule has 0 rings (SSSR count).